The summed E-state index contributed by atoms with van der Waals surface area (Å²) < 4.78 is 0. The van der Waals surface area contributed by atoms with Gasteiger partial charge in [-0.25, -0.2) is 0 Å². The minimum absolute atomic E-state index is 0.593. The fraction of sp³-hybridized carbons (Fsp3) is 0.684. The lowest BCUT2D eigenvalue weighted by molar-refractivity contribution is 0.176. The maximum atomic E-state index is 2.74. The van der Waals surface area contributed by atoms with E-state index in [-0.39, 0.29) is 0 Å². The second-order valence-electron chi connectivity index (χ2n) is 7.47. The van der Waals surface area contributed by atoms with E-state index in [9.17, 15) is 0 Å². The zero-order valence-corrected chi connectivity index (χ0v) is 14.0. The van der Waals surface area contributed by atoms with Crippen molar-refractivity contribution in [2.45, 2.75) is 58.5 Å². The first-order valence-electron chi connectivity index (χ1n) is 8.67. The number of benzene rings is 1. The van der Waals surface area contributed by atoms with Crippen LogP contribution in [0.3, 0.4) is 0 Å². The fourth-order valence-electron chi connectivity index (χ4n) is 4.13. The van der Waals surface area contributed by atoms with Crippen LogP contribution in [0.5, 0.6) is 0 Å². The van der Waals surface area contributed by atoms with Gasteiger partial charge in [0.25, 0.3) is 0 Å². The number of nitrogens with zero attached hydrogens (tertiary/aromatic N) is 2. The molecular weight excluding hydrogens is 256 g/mol. The molecule has 2 aliphatic heterocycles. The topological polar surface area (TPSA) is 6.48 Å². The summed E-state index contributed by atoms with van der Waals surface area (Å²) in [6.07, 6.45) is 2.76. The quantitative estimate of drug-likeness (QED) is 0.824. The van der Waals surface area contributed by atoms with Crippen molar-refractivity contribution >= 4 is 5.69 Å². The van der Waals surface area contributed by atoms with E-state index in [1.807, 2.05) is 0 Å². The summed E-state index contributed by atoms with van der Waals surface area (Å²) >= 11 is 0. The lowest BCUT2D eigenvalue weighted by Gasteiger charge is -2.47. The number of anilines is 1. The Balaban J connectivity index is 1.94. The second-order valence-corrected chi connectivity index (χ2v) is 7.47. The van der Waals surface area contributed by atoms with Crippen LogP contribution in [-0.2, 0) is 0 Å². The molecule has 3 rings (SSSR count). The van der Waals surface area contributed by atoms with Gasteiger partial charge in [0, 0.05) is 30.9 Å². The van der Waals surface area contributed by atoms with Gasteiger partial charge < -0.3 is 4.90 Å². The average Bonchev–Trinajstić information content (AvgIpc) is 2.93. The Labute approximate surface area is 130 Å². The minimum atomic E-state index is 0.593. The zero-order chi connectivity index (χ0) is 15.0. The van der Waals surface area contributed by atoms with Gasteiger partial charge in [0.15, 0.2) is 0 Å². The van der Waals surface area contributed by atoms with Gasteiger partial charge in [-0.15, -0.1) is 0 Å². The van der Waals surface area contributed by atoms with Crippen LogP contribution in [0.15, 0.2) is 24.3 Å². The lowest BCUT2D eigenvalue weighted by Crippen LogP contribution is -2.58. The van der Waals surface area contributed by atoms with Gasteiger partial charge in [-0.1, -0.05) is 45.9 Å². The second kappa shape index (κ2) is 6.00. The molecule has 0 amide bonds. The van der Waals surface area contributed by atoms with E-state index >= 15 is 0 Å². The number of hydrogen-bond acceptors (Lipinski definition) is 2. The Bertz CT molecular complexity index is 480. The molecule has 21 heavy (non-hydrogen) atoms. The van der Waals surface area contributed by atoms with Gasteiger partial charge >= 0.3 is 0 Å². The predicted octanol–water partition coefficient (Wildman–Crippen LogP) is 4.12. The molecule has 2 atom stereocenters. The van der Waals surface area contributed by atoms with Crippen LogP contribution in [0.25, 0.3) is 0 Å². The van der Waals surface area contributed by atoms with Crippen molar-refractivity contribution in [3.05, 3.63) is 29.8 Å². The molecule has 2 unspecified atom stereocenters. The summed E-state index contributed by atoms with van der Waals surface area (Å²) in [5.41, 5.74) is 2.99. The highest BCUT2D eigenvalue weighted by Crippen LogP contribution is 2.35. The molecule has 0 aliphatic carbocycles. The van der Waals surface area contributed by atoms with Gasteiger partial charge in [0.2, 0.25) is 0 Å². The third-order valence-electron chi connectivity index (χ3n) is 5.37. The molecule has 2 nitrogen and oxygen atoms in total. The van der Waals surface area contributed by atoms with Crippen LogP contribution in [0.1, 0.15) is 52.0 Å². The standard InChI is InChI=1S/C19H30N2/c1-14(2)17-9-5-6-10-18(17)21-12-16-8-7-11-20(16)13-19(21)15(3)4/h5-6,9-10,14-16,19H,7-8,11-13H2,1-4H3. The minimum Gasteiger partial charge on any atom is -0.365 e. The van der Waals surface area contributed by atoms with E-state index in [2.05, 4.69) is 61.8 Å². The number of fused-ring (bicyclic) bond motifs is 1. The normalized spacial score (nSPS) is 26.7. The van der Waals surface area contributed by atoms with E-state index in [1.165, 1.54) is 43.7 Å². The van der Waals surface area contributed by atoms with Gasteiger partial charge in [0.05, 0.1) is 0 Å². The molecular formula is C19H30N2. The molecule has 2 saturated heterocycles. The van der Waals surface area contributed by atoms with Gasteiger partial charge in [-0.3, -0.25) is 4.90 Å². The first-order chi connectivity index (χ1) is 10.1. The molecule has 1 aromatic rings. The van der Waals surface area contributed by atoms with Crippen LogP contribution in [-0.4, -0.2) is 36.6 Å². The third kappa shape index (κ3) is 2.83. The molecule has 1 aromatic carbocycles. The van der Waals surface area contributed by atoms with Crippen LogP contribution in [0, 0.1) is 5.92 Å². The maximum absolute atomic E-state index is 2.74. The SMILES string of the molecule is CC(C)c1ccccc1N1CC2CCCN2CC1C(C)C. The molecule has 2 heterocycles. The van der Waals surface area contributed by atoms with E-state index in [4.69, 9.17) is 0 Å². The van der Waals surface area contributed by atoms with Crippen LogP contribution in [0.2, 0.25) is 0 Å². The molecule has 0 radical (unpaired) electrons. The van der Waals surface area contributed by atoms with Crippen molar-refractivity contribution in [3.8, 4) is 0 Å². The van der Waals surface area contributed by atoms with E-state index in [1.54, 1.807) is 0 Å². The summed E-state index contributed by atoms with van der Waals surface area (Å²) in [5, 5.41) is 0. The molecule has 2 fully saturated rings. The molecule has 2 heteroatoms. The first kappa shape index (κ1) is 14.9. The molecule has 0 saturated carbocycles. The highest BCUT2D eigenvalue weighted by Gasteiger charge is 2.38. The number of piperazine rings is 1. The van der Waals surface area contributed by atoms with Crippen molar-refractivity contribution in [1.82, 2.24) is 4.90 Å². The van der Waals surface area contributed by atoms with E-state index in [0.717, 1.165) is 6.04 Å². The van der Waals surface area contributed by atoms with Gasteiger partial charge in [-0.05, 0) is 42.9 Å². The van der Waals surface area contributed by atoms with Crippen molar-refractivity contribution < 1.29 is 0 Å². The van der Waals surface area contributed by atoms with Crippen LogP contribution >= 0.6 is 0 Å². The Morgan fingerprint density at radius 1 is 1.05 bits per heavy atom. The Kier molecular flexibility index (Phi) is 4.26. The van der Waals surface area contributed by atoms with E-state index in [0.29, 0.717) is 17.9 Å². The molecule has 2 aliphatic rings. The summed E-state index contributed by atoms with van der Waals surface area (Å²) in [7, 11) is 0. The van der Waals surface area contributed by atoms with Crippen LogP contribution < -0.4 is 4.90 Å². The number of hydrogen-bond donors (Lipinski definition) is 0. The van der Waals surface area contributed by atoms with Crippen molar-refractivity contribution in [3.63, 3.8) is 0 Å². The Morgan fingerprint density at radius 3 is 2.52 bits per heavy atom. The largest absolute Gasteiger partial charge is 0.365 e. The molecule has 0 bridgehead atoms. The Hall–Kier alpha value is -1.02. The third-order valence-corrected chi connectivity index (χ3v) is 5.37. The molecule has 116 valence electrons. The highest BCUT2D eigenvalue weighted by molar-refractivity contribution is 5.56. The highest BCUT2D eigenvalue weighted by atomic mass is 15.3. The predicted molar refractivity (Wildman–Crippen MR) is 91.1 cm³/mol. The number of rotatable bonds is 3. The van der Waals surface area contributed by atoms with Crippen molar-refractivity contribution in [2.24, 2.45) is 5.92 Å². The molecule has 0 aromatic heterocycles. The van der Waals surface area contributed by atoms with Crippen molar-refractivity contribution in [2.75, 3.05) is 24.5 Å². The smallest absolute Gasteiger partial charge is 0.0440 e. The number of para-hydroxylation sites is 1. The fourth-order valence-corrected chi connectivity index (χ4v) is 4.13. The summed E-state index contributed by atoms with van der Waals surface area (Å²) in [4.78, 5) is 5.46. The summed E-state index contributed by atoms with van der Waals surface area (Å²) in [6.45, 7) is 13.2. The first-order valence-corrected chi connectivity index (χ1v) is 8.67. The molecule has 0 N–H and O–H groups in total. The average molecular weight is 286 g/mol. The summed E-state index contributed by atoms with van der Waals surface area (Å²) in [5.74, 6) is 1.29. The molecule has 0 spiro atoms. The summed E-state index contributed by atoms with van der Waals surface area (Å²) in [6, 6.07) is 10.5. The van der Waals surface area contributed by atoms with Gasteiger partial charge in [-0.2, -0.15) is 0 Å². The lowest BCUT2D eigenvalue weighted by atomic mass is 9.93. The maximum Gasteiger partial charge on any atom is 0.0440 e. The van der Waals surface area contributed by atoms with Gasteiger partial charge in [0.1, 0.15) is 0 Å². The van der Waals surface area contributed by atoms with Crippen molar-refractivity contribution in [1.29, 1.82) is 0 Å². The zero-order valence-electron chi connectivity index (χ0n) is 14.0. The van der Waals surface area contributed by atoms with E-state index < -0.39 is 0 Å². The Morgan fingerprint density at radius 2 is 1.81 bits per heavy atom. The van der Waals surface area contributed by atoms with Crippen LogP contribution in [0.4, 0.5) is 5.69 Å². The monoisotopic (exact) mass is 286 g/mol.